The second-order valence-corrected chi connectivity index (χ2v) is 6.43. The van der Waals surface area contributed by atoms with Crippen LogP contribution in [0.25, 0.3) is 21.9 Å². The molecule has 5 nitrogen and oxygen atoms in total. The number of aryl methyl sites for hydroxylation is 1. The van der Waals surface area contributed by atoms with E-state index in [1.807, 2.05) is 0 Å². The SMILES string of the molecule is CCN1CCC[C@H]1CNc1ncnc2c1[nH]c1ccc(C)cc12. The van der Waals surface area contributed by atoms with Gasteiger partial charge in [0.1, 0.15) is 17.4 Å². The van der Waals surface area contributed by atoms with Gasteiger partial charge in [0.2, 0.25) is 0 Å². The first-order valence-electron chi connectivity index (χ1n) is 8.47. The van der Waals surface area contributed by atoms with E-state index in [4.69, 9.17) is 0 Å². The van der Waals surface area contributed by atoms with Crippen molar-refractivity contribution in [3.05, 3.63) is 30.1 Å². The Kier molecular flexibility index (Phi) is 3.65. The largest absolute Gasteiger partial charge is 0.367 e. The summed E-state index contributed by atoms with van der Waals surface area (Å²) in [4.78, 5) is 15.0. The summed E-state index contributed by atoms with van der Waals surface area (Å²) in [5.74, 6) is 0.909. The third-order valence-corrected chi connectivity index (χ3v) is 4.95. The van der Waals surface area contributed by atoms with E-state index in [0.29, 0.717) is 6.04 Å². The van der Waals surface area contributed by atoms with E-state index >= 15 is 0 Å². The average molecular weight is 309 g/mol. The van der Waals surface area contributed by atoms with Crippen LogP contribution in [0.4, 0.5) is 5.82 Å². The molecule has 1 saturated heterocycles. The quantitative estimate of drug-likeness (QED) is 0.776. The molecule has 120 valence electrons. The topological polar surface area (TPSA) is 56.8 Å². The number of nitrogens with zero attached hydrogens (tertiary/aromatic N) is 3. The molecule has 5 heteroatoms. The molecule has 1 aliphatic heterocycles. The van der Waals surface area contributed by atoms with Gasteiger partial charge in [-0.15, -0.1) is 0 Å². The summed E-state index contributed by atoms with van der Waals surface area (Å²) in [6.45, 7) is 7.62. The van der Waals surface area contributed by atoms with E-state index < -0.39 is 0 Å². The fraction of sp³-hybridized carbons (Fsp3) is 0.444. The van der Waals surface area contributed by atoms with Crippen LogP contribution in [0.2, 0.25) is 0 Å². The summed E-state index contributed by atoms with van der Waals surface area (Å²) >= 11 is 0. The van der Waals surface area contributed by atoms with E-state index in [1.165, 1.54) is 30.3 Å². The molecule has 0 unspecified atom stereocenters. The molecule has 2 aromatic heterocycles. The van der Waals surface area contributed by atoms with Gasteiger partial charge in [-0.05, 0) is 45.0 Å². The highest BCUT2D eigenvalue weighted by Gasteiger charge is 2.23. The Morgan fingerprint density at radius 3 is 3.13 bits per heavy atom. The Bertz CT molecular complexity index is 838. The number of aromatic amines is 1. The number of benzene rings is 1. The van der Waals surface area contributed by atoms with Crippen LogP contribution in [0.15, 0.2) is 24.5 Å². The predicted octanol–water partition coefficient (Wildman–Crippen LogP) is 3.32. The molecule has 0 aliphatic carbocycles. The van der Waals surface area contributed by atoms with Crippen molar-refractivity contribution in [1.29, 1.82) is 0 Å². The van der Waals surface area contributed by atoms with Crippen LogP contribution < -0.4 is 5.32 Å². The molecule has 23 heavy (non-hydrogen) atoms. The number of hydrogen-bond donors (Lipinski definition) is 2. The van der Waals surface area contributed by atoms with Crippen LogP contribution in [0.1, 0.15) is 25.3 Å². The van der Waals surface area contributed by atoms with Gasteiger partial charge in [0.15, 0.2) is 5.82 Å². The van der Waals surface area contributed by atoms with Crippen molar-refractivity contribution in [1.82, 2.24) is 19.9 Å². The zero-order valence-corrected chi connectivity index (χ0v) is 13.8. The Morgan fingerprint density at radius 1 is 1.35 bits per heavy atom. The van der Waals surface area contributed by atoms with Crippen LogP contribution in [-0.2, 0) is 0 Å². The number of aromatic nitrogens is 3. The Morgan fingerprint density at radius 2 is 2.26 bits per heavy atom. The third-order valence-electron chi connectivity index (χ3n) is 4.95. The molecule has 0 saturated carbocycles. The Hall–Kier alpha value is -2.14. The molecule has 2 N–H and O–H groups in total. The van der Waals surface area contributed by atoms with Crippen molar-refractivity contribution in [2.75, 3.05) is 25.0 Å². The predicted molar refractivity (Wildman–Crippen MR) is 94.9 cm³/mol. The van der Waals surface area contributed by atoms with Gasteiger partial charge in [0.25, 0.3) is 0 Å². The van der Waals surface area contributed by atoms with E-state index in [9.17, 15) is 0 Å². The molecule has 3 heterocycles. The minimum Gasteiger partial charge on any atom is -0.367 e. The molecule has 0 amide bonds. The van der Waals surface area contributed by atoms with Gasteiger partial charge in [-0.1, -0.05) is 18.6 Å². The lowest BCUT2D eigenvalue weighted by atomic mass is 10.1. The van der Waals surface area contributed by atoms with Crippen LogP contribution >= 0.6 is 0 Å². The minimum absolute atomic E-state index is 0.608. The fourth-order valence-corrected chi connectivity index (χ4v) is 3.70. The first-order chi connectivity index (χ1) is 11.3. The lowest BCUT2D eigenvalue weighted by molar-refractivity contribution is 0.277. The van der Waals surface area contributed by atoms with Gasteiger partial charge < -0.3 is 10.3 Å². The molecule has 3 aromatic rings. The second kappa shape index (κ2) is 5.81. The normalized spacial score (nSPS) is 19.0. The molecule has 1 atom stereocenters. The summed E-state index contributed by atoms with van der Waals surface area (Å²) in [7, 11) is 0. The number of likely N-dealkylation sites (N-methyl/N-ethyl adjacent to an activating group) is 1. The Labute approximate surface area is 136 Å². The summed E-state index contributed by atoms with van der Waals surface area (Å²) in [5, 5.41) is 4.71. The maximum Gasteiger partial charge on any atom is 0.153 e. The summed E-state index contributed by atoms with van der Waals surface area (Å²) in [5.41, 5.74) is 4.37. The fourth-order valence-electron chi connectivity index (χ4n) is 3.70. The van der Waals surface area contributed by atoms with Crippen LogP contribution in [0.3, 0.4) is 0 Å². The first-order valence-corrected chi connectivity index (χ1v) is 8.47. The van der Waals surface area contributed by atoms with Crippen LogP contribution in [0, 0.1) is 6.92 Å². The van der Waals surface area contributed by atoms with Crippen LogP contribution in [0.5, 0.6) is 0 Å². The number of H-pyrrole nitrogens is 1. The van der Waals surface area contributed by atoms with Crippen molar-refractivity contribution in [3.8, 4) is 0 Å². The minimum atomic E-state index is 0.608. The number of likely N-dealkylation sites (tertiary alicyclic amines) is 1. The maximum atomic E-state index is 4.49. The lowest BCUT2D eigenvalue weighted by Gasteiger charge is -2.23. The molecule has 1 aromatic carbocycles. The van der Waals surface area contributed by atoms with Crippen molar-refractivity contribution < 1.29 is 0 Å². The number of rotatable bonds is 4. The molecule has 1 fully saturated rings. The van der Waals surface area contributed by atoms with Crippen LogP contribution in [-0.4, -0.2) is 45.5 Å². The average Bonchev–Trinajstić information content (AvgIpc) is 3.16. The van der Waals surface area contributed by atoms with Crippen molar-refractivity contribution >= 4 is 27.8 Å². The van der Waals surface area contributed by atoms with E-state index in [1.54, 1.807) is 6.33 Å². The van der Waals surface area contributed by atoms with Gasteiger partial charge in [0.05, 0.1) is 0 Å². The third kappa shape index (κ3) is 2.55. The van der Waals surface area contributed by atoms with E-state index in [2.05, 4.69) is 57.2 Å². The smallest absolute Gasteiger partial charge is 0.153 e. The monoisotopic (exact) mass is 309 g/mol. The summed E-state index contributed by atoms with van der Waals surface area (Å²) in [6.07, 6.45) is 4.22. The summed E-state index contributed by atoms with van der Waals surface area (Å²) in [6, 6.07) is 7.03. The number of anilines is 1. The van der Waals surface area contributed by atoms with Gasteiger partial charge in [0, 0.05) is 23.5 Å². The first kappa shape index (κ1) is 14.5. The molecular weight excluding hydrogens is 286 g/mol. The number of nitrogens with one attached hydrogen (secondary N) is 2. The van der Waals surface area contributed by atoms with Crippen molar-refractivity contribution in [2.24, 2.45) is 0 Å². The molecular formula is C18H23N5. The maximum absolute atomic E-state index is 4.49. The second-order valence-electron chi connectivity index (χ2n) is 6.43. The van der Waals surface area contributed by atoms with Gasteiger partial charge >= 0.3 is 0 Å². The van der Waals surface area contributed by atoms with Crippen molar-refractivity contribution in [2.45, 2.75) is 32.7 Å². The number of fused-ring (bicyclic) bond motifs is 3. The van der Waals surface area contributed by atoms with E-state index in [-0.39, 0.29) is 0 Å². The standard InChI is InChI=1S/C18H23N5/c1-3-23-8-4-5-13(23)10-19-18-17-16(20-11-21-18)14-9-12(2)6-7-15(14)22-17/h6-7,9,11,13,22H,3-5,8,10H2,1-2H3,(H,19,20,21)/t13-/m0/s1. The highest BCUT2D eigenvalue weighted by atomic mass is 15.2. The molecule has 0 radical (unpaired) electrons. The zero-order valence-electron chi connectivity index (χ0n) is 13.8. The molecule has 1 aliphatic rings. The molecule has 0 bridgehead atoms. The molecule has 4 rings (SSSR count). The van der Waals surface area contributed by atoms with Crippen molar-refractivity contribution in [3.63, 3.8) is 0 Å². The van der Waals surface area contributed by atoms with E-state index in [0.717, 1.165) is 35.5 Å². The van der Waals surface area contributed by atoms with Gasteiger partial charge in [-0.3, -0.25) is 4.90 Å². The number of hydrogen-bond acceptors (Lipinski definition) is 4. The summed E-state index contributed by atoms with van der Waals surface area (Å²) < 4.78 is 0. The lowest BCUT2D eigenvalue weighted by Crippen LogP contribution is -2.34. The van der Waals surface area contributed by atoms with Gasteiger partial charge in [-0.2, -0.15) is 0 Å². The highest BCUT2D eigenvalue weighted by Crippen LogP contribution is 2.28. The Balaban J connectivity index is 1.66. The highest BCUT2D eigenvalue weighted by molar-refractivity contribution is 6.08. The zero-order chi connectivity index (χ0) is 15.8. The molecule has 0 spiro atoms. The van der Waals surface area contributed by atoms with Gasteiger partial charge in [-0.25, -0.2) is 9.97 Å².